The molecule has 0 saturated heterocycles. The van der Waals surface area contributed by atoms with Gasteiger partial charge in [0.25, 0.3) is 0 Å². The maximum atomic E-state index is 14.2. The molecule has 0 aliphatic carbocycles. The van der Waals surface area contributed by atoms with Crippen LogP contribution < -0.4 is 10.1 Å². The van der Waals surface area contributed by atoms with E-state index in [2.05, 4.69) is 5.32 Å². The quantitative estimate of drug-likeness (QED) is 0.905. The van der Waals surface area contributed by atoms with Crippen LogP contribution in [0.2, 0.25) is 0 Å². The summed E-state index contributed by atoms with van der Waals surface area (Å²) in [5.41, 5.74) is 1.48. The highest BCUT2D eigenvalue weighted by molar-refractivity contribution is 5.33. The Balaban J connectivity index is 2.34. The molecular formula is C17H19F2NO. The third-order valence-electron chi connectivity index (χ3n) is 3.59. The second-order valence-electron chi connectivity index (χ2n) is 4.99. The number of hydrogen-bond donors (Lipinski definition) is 1. The largest absolute Gasteiger partial charge is 0.497 e. The molecule has 0 heterocycles. The molecule has 2 aromatic rings. The molecule has 4 heteroatoms. The van der Waals surface area contributed by atoms with E-state index in [1.807, 2.05) is 24.3 Å². The van der Waals surface area contributed by atoms with Gasteiger partial charge in [0, 0.05) is 11.6 Å². The Bertz CT molecular complexity index is 628. The molecule has 21 heavy (non-hydrogen) atoms. The number of nitrogens with one attached hydrogen (secondary N) is 1. The first kappa shape index (κ1) is 15.4. The molecule has 1 atom stereocenters. The Labute approximate surface area is 123 Å². The predicted octanol–water partition coefficient (Wildman–Crippen LogP) is 3.79. The van der Waals surface area contributed by atoms with Crippen molar-refractivity contribution in [3.8, 4) is 5.75 Å². The number of rotatable bonds is 5. The molecule has 0 radical (unpaired) electrons. The zero-order valence-electron chi connectivity index (χ0n) is 12.4. The third kappa shape index (κ3) is 3.39. The molecule has 2 aromatic carbocycles. The molecule has 1 unspecified atom stereocenters. The third-order valence-corrected chi connectivity index (χ3v) is 3.59. The first-order valence-electron chi connectivity index (χ1n) is 6.81. The highest BCUT2D eigenvalue weighted by atomic mass is 19.1. The van der Waals surface area contributed by atoms with Crippen LogP contribution in [0.15, 0.2) is 36.4 Å². The molecule has 112 valence electrons. The Morgan fingerprint density at radius 2 is 1.95 bits per heavy atom. The van der Waals surface area contributed by atoms with E-state index < -0.39 is 17.7 Å². The van der Waals surface area contributed by atoms with Crippen molar-refractivity contribution in [1.29, 1.82) is 0 Å². The number of ether oxygens (including phenoxy) is 1. The van der Waals surface area contributed by atoms with Crippen LogP contribution in [0.4, 0.5) is 8.78 Å². The molecule has 2 nitrogen and oxygen atoms in total. The van der Waals surface area contributed by atoms with E-state index >= 15 is 0 Å². The van der Waals surface area contributed by atoms with Crippen molar-refractivity contribution < 1.29 is 13.5 Å². The summed E-state index contributed by atoms with van der Waals surface area (Å²) in [6, 6.07) is 9.82. The lowest BCUT2D eigenvalue weighted by atomic mass is 9.96. The van der Waals surface area contributed by atoms with Crippen molar-refractivity contribution >= 4 is 0 Å². The van der Waals surface area contributed by atoms with Gasteiger partial charge >= 0.3 is 0 Å². The maximum absolute atomic E-state index is 14.2. The summed E-state index contributed by atoms with van der Waals surface area (Å²) in [4.78, 5) is 0. The number of hydrogen-bond acceptors (Lipinski definition) is 2. The molecule has 0 aliphatic rings. The van der Waals surface area contributed by atoms with Gasteiger partial charge in [-0.05, 0) is 49.7 Å². The van der Waals surface area contributed by atoms with Crippen molar-refractivity contribution in [2.75, 3.05) is 14.2 Å². The Morgan fingerprint density at radius 1 is 1.19 bits per heavy atom. The Morgan fingerprint density at radius 3 is 2.62 bits per heavy atom. The highest BCUT2D eigenvalue weighted by Crippen LogP contribution is 2.27. The van der Waals surface area contributed by atoms with Gasteiger partial charge in [0.15, 0.2) is 0 Å². The van der Waals surface area contributed by atoms with Gasteiger partial charge in [-0.3, -0.25) is 0 Å². The number of methoxy groups -OCH3 is 1. The molecule has 0 saturated carbocycles. The first-order chi connectivity index (χ1) is 10.1. The molecular weight excluding hydrogens is 272 g/mol. The van der Waals surface area contributed by atoms with E-state index in [-0.39, 0.29) is 5.56 Å². The SMILES string of the molecule is CNC(Cc1cccc(OC)c1)c1c(F)ccc(C)c1F. The molecule has 1 N–H and O–H groups in total. The molecule has 0 spiro atoms. The summed E-state index contributed by atoms with van der Waals surface area (Å²) in [5.74, 6) is -0.287. The van der Waals surface area contributed by atoms with Gasteiger partial charge in [0.1, 0.15) is 17.4 Å². The Hall–Kier alpha value is -1.94. The minimum Gasteiger partial charge on any atom is -0.497 e. The summed E-state index contributed by atoms with van der Waals surface area (Å²) in [6.07, 6.45) is 0.477. The lowest BCUT2D eigenvalue weighted by Gasteiger charge is -2.19. The van der Waals surface area contributed by atoms with Gasteiger partial charge in [-0.15, -0.1) is 0 Å². The van der Waals surface area contributed by atoms with Crippen LogP contribution in [0.1, 0.15) is 22.7 Å². The van der Waals surface area contributed by atoms with Crippen molar-refractivity contribution in [2.24, 2.45) is 0 Å². The lowest BCUT2D eigenvalue weighted by molar-refractivity contribution is 0.413. The summed E-state index contributed by atoms with van der Waals surface area (Å²) < 4.78 is 33.4. The molecule has 0 fully saturated rings. The summed E-state index contributed by atoms with van der Waals surface area (Å²) in [6.45, 7) is 1.64. The van der Waals surface area contributed by atoms with Crippen LogP contribution in [0.25, 0.3) is 0 Å². The summed E-state index contributed by atoms with van der Waals surface area (Å²) >= 11 is 0. The van der Waals surface area contributed by atoms with Gasteiger partial charge in [0.05, 0.1) is 7.11 Å². The van der Waals surface area contributed by atoms with Gasteiger partial charge in [-0.2, -0.15) is 0 Å². The van der Waals surface area contributed by atoms with E-state index in [9.17, 15) is 8.78 Å². The van der Waals surface area contributed by atoms with E-state index in [0.717, 1.165) is 11.3 Å². The number of aryl methyl sites for hydroxylation is 1. The second-order valence-corrected chi connectivity index (χ2v) is 4.99. The van der Waals surface area contributed by atoms with E-state index in [1.165, 1.54) is 12.1 Å². The van der Waals surface area contributed by atoms with Gasteiger partial charge < -0.3 is 10.1 Å². The average Bonchev–Trinajstić information content (AvgIpc) is 2.50. The first-order valence-corrected chi connectivity index (χ1v) is 6.81. The minimum absolute atomic E-state index is 0.0836. The average molecular weight is 291 g/mol. The fourth-order valence-corrected chi connectivity index (χ4v) is 2.38. The maximum Gasteiger partial charge on any atom is 0.133 e. The summed E-state index contributed by atoms with van der Waals surface area (Å²) in [7, 11) is 3.29. The second kappa shape index (κ2) is 6.68. The normalized spacial score (nSPS) is 12.2. The van der Waals surface area contributed by atoms with Crippen LogP contribution in [0, 0.1) is 18.6 Å². The van der Waals surface area contributed by atoms with E-state index in [0.29, 0.717) is 12.0 Å². The minimum atomic E-state index is -0.527. The monoisotopic (exact) mass is 291 g/mol. The number of likely N-dealkylation sites (N-methyl/N-ethyl adjacent to an activating group) is 1. The lowest BCUT2D eigenvalue weighted by Crippen LogP contribution is -2.22. The van der Waals surface area contributed by atoms with Crippen molar-refractivity contribution in [1.82, 2.24) is 5.32 Å². The molecule has 2 rings (SSSR count). The summed E-state index contributed by atoms with van der Waals surface area (Å²) in [5, 5.41) is 2.99. The number of benzene rings is 2. The van der Waals surface area contributed by atoms with Crippen LogP contribution in [-0.4, -0.2) is 14.2 Å². The van der Waals surface area contributed by atoms with Gasteiger partial charge in [-0.1, -0.05) is 18.2 Å². The van der Waals surface area contributed by atoms with Gasteiger partial charge in [0.2, 0.25) is 0 Å². The van der Waals surface area contributed by atoms with Crippen molar-refractivity contribution in [3.63, 3.8) is 0 Å². The van der Waals surface area contributed by atoms with Gasteiger partial charge in [-0.25, -0.2) is 8.78 Å². The Kier molecular flexibility index (Phi) is 4.91. The predicted molar refractivity (Wildman–Crippen MR) is 79.6 cm³/mol. The standard InChI is InChI=1S/C17H19F2NO/c1-11-7-8-14(18)16(17(11)19)15(20-2)10-12-5-4-6-13(9-12)21-3/h4-9,15,20H,10H2,1-3H3. The fourth-order valence-electron chi connectivity index (χ4n) is 2.38. The fraction of sp³-hybridized carbons (Fsp3) is 0.294. The van der Waals surface area contributed by atoms with Crippen LogP contribution in [0.3, 0.4) is 0 Å². The molecule has 0 aliphatic heterocycles. The molecule has 0 amide bonds. The zero-order valence-corrected chi connectivity index (χ0v) is 12.4. The van der Waals surface area contributed by atoms with E-state index in [4.69, 9.17) is 4.74 Å². The van der Waals surface area contributed by atoms with E-state index in [1.54, 1.807) is 21.1 Å². The number of halogens is 2. The smallest absolute Gasteiger partial charge is 0.133 e. The zero-order chi connectivity index (χ0) is 15.4. The molecule has 0 aromatic heterocycles. The van der Waals surface area contributed by atoms with Crippen molar-refractivity contribution in [3.05, 3.63) is 64.7 Å². The topological polar surface area (TPSA) is 21.3 Å². The molecule has 0 bridgehead atoms. The highest BCUT2D eigenvalue weighted by Gasteiger charge is 2.20. The van der Waals surface area contributed by atoms with Crippen LogP contribution in [0.5, 0.6) is 5.75 Å². The van der Waals surface area contributed by atoms with Crippen molar-refractivity contribution in [2.45, 2.75) is 19.4 Å². The van der Waals surface area contributed by atoms with Crippen LogP contribution in [-0.2, 0) is 6.42 Å². The van der Waals surface area contributed by atoms with Crippen LogP contribution >= 0.6 is 0 Å².